The zero-order valence-corrected chi connectivity index (χ0v) is 14.6. The van der Waals surface area contributed by atoms with Gasteiger partial charge in [-0.25, -0.2) is 0 Å². The Morgan fingerprint density at radius 2 is 1.78 bits per heavy atom. The molecule has 3 rings (SSSR count). The summed E-state index contributed by atoms with van der Waals surface area (Å²) in [7, 11) is 0. The molecule has 1 aliphatic heterocycles. The maximum atomic E-state index is 12.3. The average molecular weight is 370 g/mol. The molecule has 9 heteroatoms. The first-order chi connectivity index (χ1) is 12.9. The van der Waals surface area contributed by atoms with Crippen LogP contribution in [0.3, 0.4) is 0 Å². The minimum atomic E-state index is -0.757. The average Bonchev–Trinajstić information content (AvgIpc) is 2.96. The van der Waals surface area contributed by atoms with Crippen LogP contribution >= 0.6 is 0 Å². The monoisotopic (exact) mass is 370 g/mol. The number of nitro benzene ring substituents is 2. The van der Waals surface area contributed by atoms with E-state index in [0.29, 0.717) is 19.1 Å². The van der Waals surface area contributed by atoms with Gasteiger partial charge in [0.05, 0.1) is 21.5 Å². The standard InChI is InChI=1S/C18H18N4O5/c1-12-8-13-4-2-3-5-17(13)20(12)7-6-19-18(23)14-9-15(21(24)25)11-16(10-14)22(26)27/h2-5,9-12H,6-8H2,1H3,(H,19,23). The molecule has 27 heavy (non-hydrogen) atoms. The molecular formula is C18H18N4O5. The maximum absolute atomic E-state index is 12.3. The number of rotatable bonds is 6. The topological polar surface area (TPSA) is 119 Å². The molecule has 1 heterocycles. The van der Waals surface area contributed by atoms with E-state index in [9.17, 15) is 25.0 Å². The molecule has 0 spiro atoms. The van der Waals surface area contributed by atoms with Gasteiger partial charge in [0.15, 0.2) is 0 Å². The quantitative estimate of drug-likeness (QED) is 0.617. The molecule has 0 saturated heterocycles. The van der Waals surface area contributed by atoms with E-state index in [1.54, 1.807) is 0 Å². The normalized spacial score (nSPS) is 15.3. The van der Waals surface area contributed by atoms with Crippen LogP contribution in [0.2, 0.25) is 0 Å². The largest absolute Gasteiger partial charge is 0.367 e. The fourth-order valence-electron chi connectivity index (χ4n) is 3.30. The molecule has 1 atom stereocenters. The highest BCUT2D eigenvalue weighted by molar-refractivity contribution is 5.95. The second-order valence-electron chi connectivity index (χ2n) is 6.38. The molecule has 9 nitrogen and oxygen atoms in total. The molecule has 1 aliphatic rings. The first-order valence-electron chi connectivity index (χ1n) is 8.43. The number of hydrogen-bond acceptors (Lipinski definition) is 6. The Balaban J connectivity index is 1.68. The van der Waals surface area contributed by atoms with Gasteiger partial charge in [-0.05, 0) is 25.0 Å². The van der Waals surface area contributed by atoms with Crippen LogP contribution in [0.5, 0.6) is 0 Å². The molecule has 0 radical (unpaired) electrons. The van der Waals surface area contributed by atoms with Gasteiger partial charge in [0.25, 0.3) is 17.3 Å². The molecule has 0 saturated carbocycles. The summed E-state index contributed by atoms with van der Waals surface area (Å²) in [6.45, 7) is 2.99. The highest BCUT2D eigenvalue weighted by Crippen LogP contribution is 2.31. The van der Waals surface area contributed by atoms with Crippen molar-refractivity contribution < 1.29 is 14.6 Å². The van der Waals surface area contributed by atoms with Gasteiger partial charge < -0.3 is 10.2 Å². The maximum Gasteiger partial charge on any atom is 0.277 e. The summed E-state index contributed by atoms with van der Waals surface area (Å²) in [6, 6.07) is 11.3. The van der Waals surface area contributed by atoms with Crippen LogP contribution in [0.15, 0.2) is 42.5 Å². The van der Waals surface area contributed by atoms with Crippen molar-refractivity contribution in [3.05, 3.63) is 73.8 Å². The minimum absolute atomic E-state index is 0.106. The predicted molar refractivity (Wildman–Crippen MR) is 99.0 cm³/mol. The lowest BCUT2D eigenvalue weighted by Gasteiger charge is -2.25. The number of nitro groups is 2. The summed E-state index contributed by atoms with van der Waals surface area (Å²) in [5.41, 5.74) is 1.30. The van der Waals surface area contributed by atoms with Crippen LogP contribution in [0.1, 0.15) is 22.8 Å². The highest BCUT2D eigenvalue weighted by atomic mass is 16.6. The lowest BCUT2D eigenvalue weighted by molar-refractivity contribution is -0.394. The lowest BCUT2D eigenvalue weighted by atomic mass is 10.1. The molecule has 2 aromatic carbocycles. The van der Waals surface area contributed by atoms with Gasteiger partial charge in [-0.2, -0.15) is 0 Å². The number of amides is 1. The lowest BCUT2D eigenvalue weighted by Crippen LogP contribution is -2.37. The molecule has 0 fully saturated rings. The van der Waals surface area contributed by atoms with Crippen LogP contribution in [-0.4, -0.2) is 34.9 Å². The van der Waals surface area contributed by atoms with E-state index in [2.05, 4.69) is 23.2 Å². The van der Waals surface area contributed by atoms with Gasteiger partial charge in [0.1, 0.15) is 0 Å². The van der Waals surface area contributed by atoms with Crippen LogP contribution in [0, 0.1) is 20.2 Å². The third-order valence-electron chi connectivity index (χ3n) is 4.57. The molecule has 0 bridgehead atoms. The van der Waals surface area contributed by atoms with E-state index in [-0.39, 0.29) is 5.56 Å². The summed E-state index contributed by atoms with van der Waals surface area (Å²) in [6.07, 6.45) is 0.932. The summed E-state index contributed by atoms with van der Waals surface area (Å²) in [5, 5.41) is 24.6. The second-order valence-corrected chi connectivity index (χ2v) is 6.38. The number of fused-ring (bicyclic) bond motifs is 1. The molecule has 0 aliphatic carbocycles. The van der Waals surface area contributed by atoms with E-state index < -0.39 is 27.1 Å². The van der Waals surface area contributed by atoms with Crippen molar-refractivity contribution in [1.29, 1.82) is 0 Å². The first-order valence-corrected chi connectivity index (χ1v) is 8.43. The molecular weight excluding hydrogens is 352 g/mol. The van der Waals surface area contributed by atoms with Gasteiger partial charge in [-0.15, -0.1) is 0 Å². The fourth-order valence-corrected chi connectivity index (χ4v) is 3.30. The Morgan fingerprint density at radius 1 is 1.15 bits per heavy atom. The number of nitrogens with zero attached hydrogens (tertiary/aromatic N) is 3. The molecule has 1 unspecified atom stereocenters. The second kappa shape index (κ2) is 7.40. The first kappa shape index (κ1) is 18.3. The van der Waals surface area contributed by atoms with Gasteiger partial charge in [0.2, 0.25) is 0 Å². The molecule has 1 amide bonds. The van der Waals surface area contributed by atoms with Crippen molar-refractivity contribution in [3.63, 3.8) is 0 Å². The Labute approximate surface area is 154 Å². The van der Waals surface area contributed by atoms with E-state index >= 15 is 0 Å². The van der Waals surface area contributed by atoms with Crippen LogP contribution in [0.25, 0.3) is 0 Å². The SMILES string of the molecule is CC1Cc2ccccc2N1CCNC(=O)c1cc([N+](=O)[O-])cc([N+](=O)[O-])c1. The molecule has 140 valence electrons. The fraction of sp³-hybridized carbons (Fsp3) is 0.278. The minimum Gasteiger partial charge on any atom is -0.367 e. The number of anilines is 1. The smallest absolute Gasteiger partial charge is 0.277 e. The zero-order valence-electron chi connectivity index (χ0n) is 14.6. The number of nitrogens with one attached hydrogen (secondary N) is 1. The number of non-ortho nitro benzene ring substituents is 2. The number of carbonyl (C=O) groups excluding carboxylic acids is 1. The molecule has 2 aromatic rings. The Bertz CT molecular complexity index is 882. The summed E-state index contributed by atoms with van der Waals surface area (Å²) in [5.74, 6) is -0.582. The van der Waals surface area contributed by atoms with Crippen LogP contribution in [0.4, 0.5) is 17.1 Å². The number of benzene rings is 2. The third kappa shape index (κ3) is 3.86. The number of para-hydroxylation sites is 1. The zero-order chi connectivity index (χ0) is 19.6. The predicted octanol–water partition coefficient (Wildman–Crippen LogP) is 2.68. The van der Waals surface area contributed by atoms with Crippen LogP contribution in [-0.2, 0) is 6.42 Å². The Kier molecular flexibility index (Phi) is 5.02. The van der Waals surface area contributed by atoms with Gasteiger partial charge >= 0.3 is 0 Å². The van der Waals surface area contributed by atoms with Crippen molar-refractivity contribution >= 4 is 23.0 Å². The highest BCUT2D eigenvalue weighted by Gasteiger charge is 2.25. The van der Waals surface area contributed by atoms with E-state index in [1.165, 1.54) is 5.56 Å². The Morgan fingerprint density at radius 3 is 2.41 bits per heavy atom. The molecule has 0 aromatic heterocycles. The number of hydrogen-bond donors (Lipinski definition) is 1. The number of carbonyl (C=O) groups is 1. The van der Waals surface area contributed by atoms with E-state index in [1.807, 2.05) is 18.2 Å². The van der Waals surface area contributed by atoms with Crippen molar-refractivity contribution in [1.82, 2.24) is 5.32 Å². The van der Waals surface area contributed by atoms with E-state index in [4.69, 9.17) is 0 Å². The van der Waals surface area contributed by atoms with Crippen molar-refractivity contribution in [2.24, 2.45) is 0 Å². The Hall–Kier alpha value is -3.49. The van der Waals surface area contributed by atoms with Gasteiger partial charge in [-0.1, -0.05) is 18.2 Å². The summed E-state index contributed by atoms with van der Waals surface area (Å²) >= 11 is 0. The van der Waals surface area contributed by atoms with Crippen molar-refractivity contribution in [2.45, 2.75) is 19.4 Å². The van der Waals surface area contributed by atoms with Gasteiger partial charge in [0, 0.05) is 37.0 Å². The third-order valence-corrected chi connectivity index (χ3v) is 4.57. The molecule has 1 N–H and O–H groups in total. The van der Waals surface area contributed by atoms with Crippen molar-refractivity contribution in [3.8, 4) is 0 Å². The summed E-state index contributed by atoms with van der Waals surface area (Å²) < 4.78 is 0. The summed E-state index contributed by atoms with van der Waals surface area (Å²) in [4.78, 5) is 34.9. The van der Waals surface area contributed by atoms with Gasteiger partial charge in [-0.3, -0.25) is 25.0 Å². The van der Waals surface area contributed by atoms with Crippen LogP contribution < -0.4 is 10.2 Å². The van der Waals surface area contributed by atoms with Crippen molar-refractivity contribution in [2.75, 3.05) is 18.0 Å². The van der Waals surface area contributed by atoms with E-state index in [0.717, 1.165) is 30.3 Å².